The summed E-state index contributed by atoms with van der Waals surface area (Å²) in [6.45, 7) is 0. The molecule has 0 bridgehead atoms. The van der Waals surface area contributed by atoms with Crippen LogP contribution in [0.1, 0.15) is 16.2 Å². The fourth-order valence-corrected chi connectivity index (χ4v) is 2.13. The summed E-state index contributed by atoms with van der Waals surface area (Å²) in [4.78, 5) is 20.6. The zero-order valence-electron chi connectivity index (χ0n) is 10.6. The number of nitrogens with zero attached hydrogens (tertiary/aromatic N) is 3. The van der Waals surface area contributed by atoms with Gasteiger partial charge in [0, 0.05) is 25.0 Å². The lowest BCUT2D eigenvalue weighted by Crippen LogP contribution is -2.08. The van der Waals surface area contributed by atoms with Gasteiger partial charge < -0.3 is 4.57 Å². The second-order valence-electron chi connectivity index (χ2n) is 4.42. The number of carbonyl (C=O) groups excluding carboxylic acids is 1. The zero-order chi connectivity index (χ0) is 13.2. The quantitative estimate of drug-likeness (QED) is 0.671. The van der Waals surface area contributed by atoms with Gasteiger partial charge in [-0.3, -0.25) is 9.78 Å². The van der Waals surface area contributed by atoms with Gasteiger partial charge in [0.2, 0.25) is 0 Å². The number of hydrogen-bond acceptors (Lipinski definition) is 3. The molecule has 2 aromatic heterocycles. The molecule has 94 valence electrons. The number of benzene rings is 1. The van der Waals surface area contributed by atoms with Crippen molar-refractivity contribution in [2.24, 2.45) is 7.05 Å². The topological polar surface area (TPSA) is 47.8 Å². The van der Waals surface area contributed by atoms with Crippen molar-refractivity contribution in [3.63, 3.8) is 0 Å². The third kappa shape index (κ3) is 2.12. The summed E-state index contributed by atoms with van der Waals surface area (Å²) < 4.78 is 1.96. The number of pyridine rings is 1. The zero-order valence-corrected chi connectivity index (χ0v) is 10.6. The van der Waals surface area contributed by atoms with Crippen LogP contribution in [0.25, 0.3) is 11.0 Å². The van der Waals surface area contributed by atoms with E-state index >= 15 is 0 Å². The molecule has 0 amide bonds. The maximum absolute atomic E-state index is 12.1. The predicted octanol–water partition coefficient (Wildman–Crippen LogP) is 2.39. The first kappa shape index (κ1) is 11.6. The van der Waals surface area contributed by atoms with Gasteiger partial charge in [-0.05, 0) is 24.3 Å². The maximum atomic E-state index is 12.1. The minimum absolute atomic E-state index is 0.0338. The minimum atomic E-state index is 0.0338. The molecule has 4 heteroatoms. The molecule has 0 atom stereocenters. The van der Waals surface area contributed by atoms with Gasteiger partial charge in [0.1, 0.15) is 5.82 Å². The summed E-state index contributed by atoms with van der Waals surface area (Å²) in [6.07, 6.45) is 3.54. The van der Waals surface area contributed by atoms with Crippen LogP contribution in [0.2, 0.25) is 0 Å². The van der Waals surface area contributed by atoms with Crippen LogP contribution in [0.5, 0.6) is 0 Å². The average Bonchev–Trinajstić information content (AvgIpc) is 2.77. The van der Waals surface area contributed by atoms with Crippen molar-refractivity contribution in [1.82, 2.24) is 14.5 Å². The van der Waals surface area contributed by atoms with E-state index in [1.54, 1.807) is 24.5 Å². The van der Waals surface area contributed by atoms with Gasteiger partial charge in [-0.2, -0.15) is 0 Å². The van der Waals surface area contributed by atoms with Crippen LogP contribution in [-0.2, 0) is 13.5 Å². The van der Waals surface area contributed by atoms with E-state index in [-0.39, 0.29) is 12.2 Å². The molecule has 0 fully saturated rings. The van der Waals surface area contributed by atoms with Crippen molar-refractivity contribution in [1.29, 1.82) is 0 Å². The van der Waals surface area contributed by atoms with E-state index in [9.17, 15) is 4.79 Å². The number of aryl methyl sites for hydroxylation is 1. The van der Waals surface area contributed by atoms with Crippen molar-refractivity contribution in [2.75, 3.05) is 0 Å². The maximum Gasteiger partial charge on any atom is 0.171 e. The van der Waals surface area contributed by atoms with Crippen LogP contribution >= 0.6 is 0 Å². The molecule has 0 aliphatic heterocycles. The molecule has 0 aliphatic rings. The molecule has 19 heavy (non-hydrogen) atoms. The Hall–Kier alpha value is -2.49. The number of para-hydroxylation sites is 2. The van der Waals surface area contributed by atoms with E-state index in [4.69, 9.17) is 0 Å². The van der Waals surface area contributed by atoms with Crippen LogP contribution in [0.4, 0.5) is 0 Å². The van der Waals surface area contributed by atoms with Crippen molar-refractivity contribution in [2.45, 2.75) is 6.42 Å². The average molecular weight is 251 g/mol. The lowest BCUT2D eigenvalue weighted by atomic mass is 10.1. The van der Waals surface area contributed by atoms with E-state index in [2.05, 4.69) is 9.97 Å². The van der Waals surface area contributed by atoms with Crippen molar-refractivity contribution >= 4 is 16.8 Å². The SMILES string of the molecule is Cn1c(CC(=O)c2cccnc2)nc2ccccc21. The van der Waals surface area contributed by atoms with E-state index in [0.717, 1.165) is 16.9 Å². The Balaban J connectivity index is 1.94. The molecule has 3 rings (SSSR count). The first-order valence-corrected chi connectivity index (χ1v) is 6.09. The van der Waals surface area contributed by atoms with Crippen molar-refractivity contribution in [3.8, 4) is 0 Å². The molecular formula is C15H13N3O. The van der Waals surface area contributed by atoms with E-state index < -0.39 is 0 Å². The lowest BCUT2D eigenvalue weighted by molar-refractivity contribution is 0.0990. The number of Topliss-reactive ketones (excluding diaryl/α,β-unsaturated/α-hetero) is 1. The van der Waals surface area contributed by atoms with E-state index in [1.807, 2.05) is 35.9 Å². The van der Waals surface area contributed by atoms with Gasteiger partial charge in [-0.25, -0.2) is 4.98 Å². The van der Waals surface area contributed by atoms with Gasteiger partial charge in [0.05, 0.1) is 17.5 Å². The number of rotatable bonds is 3. The summed E-state index contributed by atoms with van der Waals surface area (Å²) in [5.74, 6) is 0.807. The molecule has 2 heterocycles. The Morgan fingerprint density at radius 2 is 2.05 bits per heavy atom. The molecular weight excluding hydrogens is 238 g/mol. The van der Waals surface area contributed by atoms with Crippen molar-refractivity contribution in [3.05, 3.63) is 60.2 Å². The third-order valence-electron chi connectivity index (χ3n) is 3.18. The Bertz CT molecular complexity index is 731. The van der Waals surface area contributed by atoms with Crippen LogP contribution in [0.15, 0.2) is 48.8 Å². The van der Waals surface area contributed by atoms with E-state index in [0.29, 0.717) is 5.56 Å². The number of ketones is 1. The first-order valence-electron chi connectivity index (χ1n) is 6.09. The molecule has 0 radical (unpaired) electrons. The number of imidazole rings is 1. The Morgan fingerprint density at radius 1 is 1.21 bits per heavy atom. The molecule has 0 N–H and O–H groups in total. The highest BCUT2D eigenvalue weighted by molar-refractivity contribution is 5.97. The van der Waals surface area contributed by atoms with Gasteiger partial charge >= 0.3 is 0 Å². The smallest absolute Gasteiger partial charge is 0.171 e. The molecule has 0 aliphatic carbocycles. The summed E-state index contributed by atoms with van der Waals surface area (Å²) in [6, 6.07) is 11.4. The Morgan fingerprint density at radius 3 is 2.79 bits per heavy atom. The fourth-order valence-electron chi connectivity index (χ4n) is 2.13. The minimum Gasteiger partial charge on any atom is -0.331 e. The Labute approximate surface area is 110 Å². The fraction of sp³-hybridized carbons (Fsp3) is 0.133. The molecule has 1 aromatic carbocycles. The Kier molecular flexibility index (Phi) is 2.83. The monoisotopic (exact) mass is 251 g/mol. The van der Waals surface area contributed by atoms with Gasteiger partial charge in [-0.15, -0.1) is 0 Å². The summed E-state index contributed by atoms with van der Waals surface area (Å²) in [5, 5.41) is 0. The lowest BCUT2D eigenvalue weighted by Gasteiger charge is -2.01. The highest BCUT2D eigenvalue weighted by Crippen LogP contribution is 2.15. The predicted molar refractivity (Wildman–Crippen MR) is 73.0 cm³/mol. The second-order valence-corrected chi connectivity index (χ2v) is 4.42. The third-order valence-corrected chi connectivity index (χ3v) is 3.18. The van der Waals surface area contributed by atoms with Crippen LogP contribution in [-0.4, -0.2) is 20.3 Å². The van der Waals surface area contributed by atoms with Crippen LogP contribution < -0.4 is 0 Å². The summed E-state index contributed by atoms with van der Waals surface area (Å²) >= 11 is 0. The van der Waals surface area contributed by atoms with Crippen molar-refractivity contribution < 1.29 is 4.79 Å². The molecule has 0 unspecified atom stereocenters. The molecule has 3 aromatic rings. The number of hydrogen-bond donors (Lipinski definition) is 0. The van der Waals surface area contributed by atoms with Gasteiger partial charge in [0.25, 0.3) is 0 Å². The molecule has 0 saturated heterocycles. The summed E-state index contributed by atoms with van der Waals surface area (Å²) in [7, 11) is 1.93. The van der Waals surface area contributed by atoms with Crippen LogP contribution in [0, 0.1) is 0 Å². The normalized spacial score (nSPS) is 10.8. The standard InChI is InChI=1S/C15H13N3O/c1-18-13-7-3-2-6-12(13)17-15(18)9-14(19)11-5-4-8-16-10-11/h2-8,10H,9H2,1H3. The van der Waals surface area contributed by atoms with Gasteiger partial charge in [-0.1, -0.05) is 12.1 Å². The largest absolute Gasteiger partial charge is 0.331 e. The number of fused-ring (bicyclic) bond motifs is 1. The van der Waals surface area contributed by atoms with Gasteiger partial charge in [0.15, 0.2) is 5.78 Å². The van der Waals surface area contributed by atoms with Crippen LogP contribution in [0.3, 0.4) is 0 Å². The number of carbonyl (C=O) groups is 1. The molecule has 0 saturated carbocycles. The molecule has 0 spiro atoms. The summed E-state index contributed by atoms with van der Waals surface area (Å²) in [5.41, 5.74) is 2.57. The second kappa shape index (κ2) is 4.65. The highest BCUT2D eigenvalue weighted by atomic mass is 16.1. The molecule has 4 nitrogen and oxygen atoms in total. The first-order chi connectivity index (χ1) is 9.25. The highest BCUT2D eigenvalue weighted by Gasteiger charge is 2.13. The number of aromatic nitrogens is 3. The van der Waals surface area contributed by atoms with E-state index in [1.165, 1.54) is 0 Å².